The molecule has 1 fully saturated rings. The molecule has 0 unspecified atom stereocenters. The molecule has 8 nitrogen and oxygen atoms in total. The van der Waals surface area contributed by atoms with Crippen LogP contribution in [0.25, 0.3) is 0 Å². The lowest BCUT2D eigenvalue weighted by molar-refractivity contribution is -0.138. The van der Waals surface area contributed by atoms with Crippen molar-refractivity contribution in [2.24, 2.45) is 0 Å². The number of nitrogens with zero attached hydrogens (tertiary/aromatic N) is 5. The molecule has 8 heteroatoms. The van der Waals surface area contributed by atoms with E-state index in [0.717, 1.165) is 38.0 Å². The number of carbonyl (C=O) groups excluding carboxylic acids is 1. The van der Waals surface area contributed by atoms with Crippen LogP contribution in [0, 0.1) is 0 Å². The molecule has 2 aromatic rings. The first-order chi connectivity index (χ1) is 12.1. The van der Waals surface area contributed by atoms with Gasteiger partial charge in [-0.1, -0.05) is 0 Å². The summed E-state index contributed by atoms with van der Waals surface area (Å²) < 4.78 is 3.50. The van der Waals surface area contributed by atoms with E-state index >= 15 is 0 Å². The van der Waals surface area contributed by atoms with E-state index in [0.29, 0.717) is 13.0 Å². The van der Waals surface area contributed by atoms with Crippen LogP contribution in [0.15, 0.2) is 31.0 Å². The molecule has 1 aliphatic heterocycles. The molecule has 1 saturated heterocycles. The van der Waals surface area contributed by atoms with Crippen LogP contribution < -0.4 is 0 Å². The van der Waals surface area contributed by atoms with Crippen molar-refractivity contribution in [3.05, 3.63) is 36.7 Å². The molecular formula is C17H23N5O3. The third-order valence-corrected chi connectivity index (χ3v) is 4.59. The summed E-state index contributed by atoms with van der Waals surface area (Å²) in [7, 11) is 0. The molecule has 0 radical (unpaired) electrons. The summed E-state index contributed by atoms with van der Waals surface area (Å²) in [5.74, 6) is -0.601. The fourth-order valence-corrected chi connectivity index (χ4v) is 3.38. The lowest BCUT2D eigenvalue weighted by atomic mass is 9.94. The van der Waals surface area contributed by atoms with Crippen LogP contribution in [-0.2, 0) is 22.7 Å². The van der Waals surface area contributed by atoms with Crippen molar-refractivity contribution in [1.29, 1.82) is 0 Å². The molecule has 3 rings (SSSR count). The third kappa shape index (κ3) is 4.46. The SMILES string of the molecule is O=C(O)Cn1nccc1[C@@H]1CCCN(C(=O)CCCn2ccnc2)C1. The highest BCUT2D eigenvalue weighted by atomic mass is 16.4. The van der Waals surface area contributed by atoms with E-state index < -0.39 is 5.97 Å². The van der Waals surface area contributed by atoms with Crippen molar-refractivity contribution in [2.45, 2.75) is 44.7 Å². The van der Waals surface area contributed by atoms with Crippen LogP contribution in [-0.4, -0.2) is 54.3 Å². The summed E-state index contributed by atoms with van der Waals surface area (Å²) in [5.41, 5.74) is 0.901. The molecule has 0 aliphatic carbocycles. The second kappa shape index (κ2) is 7.96. The maximum atomic E-state index is 12.5. The summed E-state index contributed by atoms with van der Waals surface area (Å²) in [6, 6.07) is 1.86. The van der Waals surface area contributed by atoms with Crippen molar-refractivity contribution < 1.29 is 14.7 Å². The largest absolute Gasteiger partial charge is 0.480 e. The molecule has 1 amide bonds. The molecule has 0 aromatic carbocycles. The fraction of sp³-hybridized carbons (Fsp3) is 0.529. The minimum Gasteiger partial charge on any atom is -0.480 e. The van der Waals surface area contributed by atoms with E-state index in [1.807, 2.05) is 21.7 Å². The van der Waals surface area contributed by atoms with Gasteiger partial charge in [-0.05, 0) is 25.3 Å². The van der Waals surface area contributed by atoms with Gasteiger partial charge in [0.1, 0.15) is 6.54 Å². The number of amides is 1. The number of imidazole rings is 1. The average Bonchev–Trinajstić information content (AvgIpc) is 3.26. The molecule has 0 bridgehead atoms. The van der Waals surface area contributed by atoms with Gasteiger partial charge in [-0.25, -0.2) is 4.98 Å². The number of carboxylic acids is 1. The Hall–Kier alpha value is -2.64. The zero-order valence-corrected chi connectivity index (χ0v) is 14.1. The lowest BCUT2D eigenvalue weighted by Crippen LogP contribution is -2.39. The Morgan fingerprint density at radius 2 is 2.20 bits per heavy atom. The molecule has 1 aliphatic rings. The van der Waals surface area contributed by atoms with E-state index in [-0.39, 0.29) is 18.4 Å². The Morgan fingerprint density at radius 1 is 1.32 bits per heavy atom. The molecule has 0 saturated carbocycles. The van der Waals surface area contributed by atoms with Crippen LogP contribution in [0.3, 0.4) is 0 Å². The van der Waals surface area contributed by atoms with Crippen molar-refractivity contribution in [3.63, 3.8) is 0 Å². The number of aryl methyl sites for hydroxylation is 1. The molecule has 1 N–H and O–H groups in total. The molecular weight excluding hydrogens is 322 g/mol. The molecule has 2 aromatic heterocycles. The average molecular weight is 345 g/mol. The van der Waals surface area contributed by atoms with Crippen molar-refractivity contribution in [1.82, 2.24) is 24.2 Å². The highest BCUT2D eigenvalue weighted by molar-refractivity contribution is 5.76. The summed E-state index contributed by atoms with van der Waals surface area (Å²) >= 11 is 0. The normalized spacial score (nSPS) is 17.6. The number of rotatable bonds is 7. The van der Waals surface area contributed by atoms with E-state index in [4.69, 9.17) is 5.11 Å². The Labute approximate surface area is 146 Å². The van der Waals surface area contributed by atoms with Gasteiger partial charge < -0.3 is 14.6 Å². The summed E-state index contributed by atoms with van der Waals surface area (Å²) in [6.45, 7) is 2.05. The van der Waals surface area contributed by atoms with Gasteiger partial charge in [0.2, 0.25) is 5.91 Å². The molecule has 3 heterocycles. The van der Waals surface area contributed by atoms with Gasteiger partial charge in [-0.3, -0.25) is 14.3 Å². The maximum Gasteiger partial charge on any atom is 0.325 e. The van der Waals surface area contributed by atoms with Gasteiger partial charge in [0.05, 0.1) is 6.33 Å². The van der Waals surface area contributed by atoms with Crippen LogP contribution in [0.1, 0.15) is 37.3 Å². The Balaban J connectivity index is 1.54. The first-order valence-corrected chi connectivity index (χ1v) is 8.60. The number of piperidine rings is 1. The molecule has 0 spiro atoms. The van der Waals surface area contributed by atoms with Crippen LogP contribution >= 0.6 is 0 Å². The highest BCUT2D eigenvalue weighted by Crippen LogP contribution is 2.27. The number of hydrogen-bond acceptors (Lipinski definition) is 4. The number of carboxylic acid groups (broad SMARTS) is 1. The number of hydrogen-bond donors (Lipinski definition) is 1. The smallest absolute Gasteiger partial charge is 0.325 e. The van der Waals surface area contributed by atoms with Crippen molar-refractivity contribution in [3.8, 4) is 0 Å². The van der Waals surface area contributed by atoms with Gasteiger partial charge in [-0.2, -0.15) is 5.10 Å². The van der Waals surface area contributed by atoms with E-state index in [9.17, 15) is 9.59 Å². The summed E-state index contributed by atoms with van der Waals surface area (Å²) in [6.07, 6.45) is 10.2. The van der Waals surface area contributed by atoms with Crippen LogP contribution in [0.4, 0.5) is 0 Å². The van der Waals surface area contributed by atoms with E-state index in [2.05, 4.69) is 10.1 Å². The Morgan fingerprint density at radius 3 is 2.96 bits per heavy atom. The number of carbonyl (C=O) groups is 2. The first-order valence-electron chi connectivity index (χ1n) is 8.60. The molecule has 134 valence electrons. The monoisotopic (exact) mass is 345 g/mol. The lowest BCUT2D eigenvalue weighted by Gasteiger charge is -2.33. The Kier molecular flexibility index (Phi) is 5.47. The molecule has 25 heavy (non-hydrogen) atoms. The quantitative estimate of drug-likeness (QED) is 0.817. The molecule has 1 atom stereocenters. The number of aliphatic carboxylic acids is 1. The standard InChI is InChI=1S/C17H23N5O3/c23-16(4-2-8-20-10-7-18-13-20)21-9-1-3-14(11-21)15-5-6-19-22(15)12-17(24)25/h5-7,10,13-14H,1-4,8-9,11-12H2,(H,24,25)/t14-/m1/s1. The van der Waals surface area contributed by atoms with Gasteiger partial charge in [-0.15, -0.1) is 0 Å². The number of aromatic nitrogens is 4. The van der Waals surface area contributed by atoms with Crippen molar-refractivity contribution in [2.75, 3.05) is 13.1 Å². The Bertz CT molecular complexity index is 710. The first kappa shape index (κ1) is 17.2. The maximum absolute atomic E-state index is 12.5. The van der Waals surface area contributed by atoms with E-state index in [1.54, 1.807) is 18.7 Å². The topological polar surface area (TPSA) is 93.3 Å². The third-order valence-electron chi connectivity index (χ3n) is 4.59. The highest BCUT2D eigenvalue weighted by Gasteiger charge is 2.26. The van der Waals surface area contributed by atoms with E-state index in [1.165, 1.54) is 4.68 Å². The predicted molar refractivity (Wildman–Crippen MR) is 89.9 cm³/mol. The minimum atomic E-state index is -0.909. The second-order valence-electron chi connectivity index (χ2n) is 6.39. The van der Waals surface area contributed by atoms with Crippen LogP contribution in [0.2, 0.25) is 0 Å². The van der Waals surface area contributed by atoms with Crippen molar-refractivity contribution >= 4 is 11.9 Å². The second-order valence-corrected chi connectivity index (χ2v) is 6.39. The van der Waals surface area contributed by atoms with Gasteiger partial charge in [0.25, 0.3) is 0 Å². The zero-order valence-electron chi connectivity index (χ0n) is 14.1. The van der Waals surface area contributed by atoms with Gasteiger partial charge in [0, 0.05) is 56.3 Å². The van der Waals surface area contributed by atoms with Crippen LogP contribution in [0.5, 0.6) is 0 Å². The van der Waals surface area contributed by atoms with Gasteiger partial charge in [0.15, 0.2) is 0 Å². The van der Waals surface area contributed by atoms with Gasteiger partial charge >= 0.3 is 5.97 Å². The summed E-state index contributed by atoms with van der Waals surface area (Å²) in [5, 5.41) is 13.1. The predicted octanol–water partition coefficient (Wildman–Crippen LogP) is 1.35. The summed E-state index contributed by atoms with van der Waals surface area (Å²) in [4.78, 5) is 29.3. The zero-order chi connectivity index (χ0) is 17.6. The number of likely N-dealkylation sites (tertiary alicyclic amines) is 1. The fourth-order valence-electron chi connectivity index (χ4n) is 3.38. The minimum absolute atomic E-state index is 0.141.